The van der Waals surface area contributed by atoms with Crippen LogP contribution in [0.1, 0.15) is 11.4 Å². The monoisotopic (exact) mass is 275 g/mol. The van der Waals surface area contributed by atoms with Gasteiger partial charge in [0, 0.05) is 0 Å². The van der Waals surface area contributed by atoms with Gasteiger partial charge in [0.05, 0.1) is 16.7 Å². The van der Waals surface area contributed by atoms with Crippen molar-refractivity contribution in [1.82, 2.24) is 24.6 Å². The van der Waals surface area contributed by atoms with Crippen molar-refractivity contribution in [2.75, 3.05) is 5.73 Å². The normalized spacial score (nSPS) is 11.2. The molecule has 0 aliphatic heterocycles. The number of para-hydroxylation sites is 2. The average Bonchev–Trinajstić information content (AvgIpc) is 2.88. The maximum Gasteiger partial charge on any atom is 0.182 e. The van der Waals surface area contributed by atoms with Crippen molar-refractivity contribution in [3.63, 3.8) is 0 Å². The fourth-order valence-corrected chi connectivity index (χ4v) is 2.45. The average molecular weight is 275 g/mol. The fourth-order valence-electron chi connectivity index (χ4n) is 2.45. The molecule has 0 unspecified atom stereocenters. The summed E-state index contributed by atoms with van der Waals surface area (Å²) in [5.74, 6) is 0.635. The number of benzene rings is 1. The lowest BCUT2D eigenvalue weighted by Gasteiger charge is -2.08. The second kappa shape index (κ2) is 3.86. The van der Waals surface area contributed by atoms with E-state index >= 15 is 0 Å². The van der Waals surface area contributed by atoms with Crippen LogP contribution in [0.25, 0.3) is 27.8 Å². The summed E-state index contributed by atoms with van der Waals surface area (Å²) >= 11 is 0. The van der Waals surface area contributed by atoms with Gasteiger partial charge in [0.1, 0.15) is 23.0 Å². The molecule has 0 aliphatic carbocycles. The Morgan fingerprint density at radius 2 is 1.81 bits per heavy atom. The van der Waals surface area contributed by atoms with Crippen molar-refractivity contribution in [2.45, 2.75) is 6.92 Å². The lowest BCUT2D eigenvalue weighted by atomic mass is 10.2. The van der Waals surface area contributed by atoms with Gasteiger partial charge in [-0.2, -0.15) is 5.26 Å². The van der Waals surface area contributed by atoms with Crippen molar-refractivity contribution >= 4 is 33.5 Å². The number of nitrogens with two attached hydrogens (primary N) is 1. The molecule has 0 saturated heterocycles. The first-order valence-corrected chi connectivity index (χ1v) is 6.30. The van der Waals surface area contributed by atoms with Gasteiger partial charge >= 0.3 is 0 Å². The Balaban J connectivity index is 2.37. The quantitative estimate of drug-likeness (QED) is 0.488. The summed E-state index contributed by atoms with van der Waals surface area (Å²) in [5.41, 5.74) is 9.58. The third kappa shape index (κ3) is 1.41. The number of rotatable bonds is 0. The number of nitrogen functional groups attached to an aromatic ring is 1. The molecule has 100 valence electrons. The predicted molar refractivity (Wildman–Crippen MR) is 77.5 cm³/mol. The number of pyridine rings is 1. The van der Waals surface area contributed by atoms with Gasteiger partial charge in [0.2, 0.25) is 0 Å². The highest BCUT2D eigenvalue weighted by atomic mass is 15.3. The number of nitrogens with zero attached hydrogens (tertiary/aromatic N) is 6. The molecular formula is C14H9N7. The molecule has 0 aliphatic rings. The molecule has 0 radical (unpaired) electrons. The van der Waals surface area contributed by atoms with Crippen LogP contribution < -0.4 is 5.73 Å². The van der Waals surface area contributed by atoms with E-state index in [1.807, 2.05) is 24.3 Å². The SMILES string of the molecule is Cc1nnc2c(C#N)c(N)c3nc4ccccc4nc3n12. The number of aryl methyl sites for hydroxylation is 1. The van der Waals surface area contributed by atoms with Gasteiger partial charge in [0.15, 0.2) is 11.3 Å². The molecule has 4 rings (SSSR count). The minimum absolute atomic E-state index is 0.271. The van der Waals surface area contributed by atoms with Crippen LogP contribution in [-0.4, -0.2) is 24.6 Å². The predicted octanol–water partition coefficient (Wildman–Crippen LogP) is 1.59. The van der Waals surface area contributed by atoms with Crippen molar-refractivity contribution in [1.29, 1.82) is 5.26 Å². The van der Waals surface area contributed by atoms with Gasteiger partial charge in [-0.15, -0.1) is 10.2 Å². The van der Waals surface area contributed by atoms with Crippen LogP contribution in [-0.2, 0) is 0 Å². The molecule has 7 heteroatoms. The fraction of sp³-hybridized carbons (Fsp3) is 0.0714. The van der Waals surface area contributed by atoms with E-state index in [9.17, 15) is 5.26 Å². The van der Waals surface area contributed by atoms with Crippen LogP contribution in [0, 0.1) is 18.3 Å². The Bertz CT molecular complexity index is 1070. The minimum Gasteiger partial charge on any atom is -0.396 e. The Morgan fingerprint density at radius 3 is 2.52 bits per heavy atom. The number of hydrogen-bond acceptors (Lipinski definition) is 6. The van der Waals surface area contributed by atoms with Crippen LogP contribution >= 0.6 is 0 Å². The van der Waals surface area contributed by atoms with Crippen molar-refractivity contribution in [3.05, 3.63) is 35.7 Å². The van der Waals surface area contributed by atoms with E-state index in [0.717, 1.165) is 11.0 Å². The molecule has 7 nitrogen and oxygen atoms in total. The molecule has 0 amide bonds. The van der Waals surface area contributed by atoms with Gasteiger partial charge in [-0.25, -0.2) is 9.97 Å². The van der Waals surface area contributed by atoms with E-state index in [4.69, 9.17) is 5.73 Å². The highest BCUT2D eigenvalue weighted by molar-refractivity contribution is 5.96. The maximum atomic E-state index is 9.34. The zero-order chi connectivity index (χ0) is 14.6. The van der Waals surface area contributed by atoms with Gasteiger partial charge < -0.3 is 5.73 Å². The first kappa shape index (κ1) is 11.5. The molecular weight excluding hydrogens is 266 g/mol. The number of anilines is 1. The van der Waals surface area contributed by atoms with Crippen LogP contribution in [0.2, 0.25) is 0 Å². The lowest BCUT2D eigenvalue weighted by Crippen LogP contribution is -2.04. The summed E-state index contributed by atoms with van der Waals surface area (Å²) in [5, 5.41) is 17.4. The zero-order valence-electron chi connectivity index (χ0n) is 11.1. The molecule has 0 saturated carbocycles. The first-order chi connectivity index (χ1) is 10.2. The standard InChI is InChI=1S/C14H9N7/c1-7-19-20-13-8(6-15)11(16)12-14(21(7)13)18-10-5-3-2-4-9(10)17-12/h2-5H,16H2,1H3. The summed E-state index contributed by atoms with van der Waals surface area (Å²) in [6.07, 6.45) is 0. The number of fused-ring (bicyclic) bond motifs is 4. The van der Waals surface area contributed by atoms with E-state index in [2.05, 4.69) is 26.2 Å². The lowest BCUT2D eigenvalue weighted by molar-refractivity contribution is 1.01. The van der Waals surface area contributed by atoms with Crippen LogP contribution in [0.5, 0.6) is 0 Å². The Kier molecular flexibility index (Phi) is 2.12. The first-order valence-electron chi connectivity index (χ1n) is 6.30. The summed E-state index contributed by atoms with van der Waals surface area (Å²) in [7, 11) is 0. The molecule has 0 fully saturated rings. The van der Waals surface area contributed by atoms with Gasteiger partial charge in [-0.05, 0) is 19.1 Å². The van der Waals surface area contributed by atoms with Gasteiger partial charge in [-0.3, -0.25) is 4.40 Å². The summed E-state index contributed by atoms with van der Waals surface area (Å²) < 4.78 is 1.71. The van der Waals surface area contributed by atoms with E-state index in [-0.39, 0.29) is 11.3 Å². The number of aromatic nitrogens is 5. The van der Waals surface area contributed by atoms with Crippen molar-refractivity contribution in [2.24, 2.45) is 0 Å². The van der Waals surface area contributed by atoms with Crippen LogP contribution in [0.3, 0.4) is 0 Å². The third-order valence-electron chi connectivity index (χ3n) is 3.45. The molecule has 0 bridgehead atoms. The van der Waals surface area contributed by atoms with Crippen LogP contribution in [0.15, 0.2) is 24.3 Å². The second-order valence-corrected chi connectivity index (χ2v) is 4.69. The summed E-state index contributed by atoms with van der Waals surface area (Å²) in [4.78, 5) is 9.15. The van der Waals surface area contributed by atoms with Crippen molar-refractivity contribution in [3.8, 4) is 6.07 Å². The van der Waals surface area contributed by atoms with Gasteiger partial charge in [0.25, 0.3) is 0 Å². The van der Waals surface area contributed by atoms with E-state index in [0.29, 0.717) is 22.6 Å². The second-order valence-electron chi connectivity index (χ2n) is 4.69. The molecule has 3 aromatic heterocycles. The van der Waals surface area contributed by atoms with Crippen molar-refractivity contribution < 1.29 is 0 Å². The largest absolute Gasteiger partial charge is 0.396 e. The topological polar surface area (TPSA) is 106 Å². The molecule has 4 aromatic rings. The molecule has 1 aromatic carbocycles. The number of nitriles is 1. The molecule has 0 atom stereocenters. The highest BCUT2D eigenvalue weighted by Crippen LogP contribution is 2.27. The number of hydrogen-bond donors (Lipinski definition) is 1. The zero-order valence-corrected chi connectivity index (χ0v) is 11.1. The summed E-state index contributed by atoms with van der Waals surface area (Å²) in [6, 6.07) is 9.59. The van der Waals surface area contributed by atoms with E-state index in [1.165, 1.54) is 0 Å². The smallest absolute Gasteiger partial charge is 0.182 e. The maximum absolute atomic E-state index is 9.34. The third-order valence-corrected chi connectivity index (χ3v) is 3.45. The summed E-state index contributed by atoms with van der Waals surface area (Å²) in [6.45, 7) is 1.80. The molecule has 2 N–H and O–H groups in total. The van der Waals surface area contributed by atoms with Crippen LogP contribution in [0.4, 0.5) is 5.69 Å². The van der Waals surface area contributed by atoms with E-state index < -0.39 is 0 Å². The molecule has 0 spiro atoms. The van der Waals surface area contributed by atoms with Gasteiger partial charge in [-0.1, -0.05) is 12.1 Å². The Morgan fingerprint density at radius 1 is 1.10 bits per heavy atom. The Hall–Kier alpha value is -3.27. The highest BCUT2D eigenvalue weighted by Gasteiger charge is 2.18. The van der Waals surface area contributed by atoms with E-state index in [1.54, 1.807) is 11.3 Å². The molecule has 3 heterocycles. The molecule has 21 heavy (non-hydrogen) atoms. The minimum atomic E-state index is 0.271. The Labute approximate surface area is 118 Å².